The average Bonchev–Trinajstić information content (AvgIpc) is 2.15. The molecule has 0 saturated heterocycles. The maximum atomic E-state index is 13.0. The van der Waals surface area contributed by atoms with Crippen molar-refractivity contribution >= 4 is 23.2 Å². The van der Waals surface area contributed by atoms with Crippen molar-refractivity contribution in [3.8, 4) is 0 Å². The van der Waals surface area contributed by atoms with Crippen molar-refractivity contribution in [3.05, 3.63) is 27.8 Å². The Labute approximate surface area is 90.7 Å². The summed E-state index contributed by atoms with van der Waals surface area (Å²) in [5.74, 6) is -1.08. The first kappa shape index (κ1) is 11.7. The van der Waals surface area contributed by atoms with E-state index in [2.05, 4.69) is 4.98 Å². The molecule has 1 rings (SSSR count). The third-order valence-corrected chi connectivity index (χ3v) is 2.43. The summed E-state index contributed by atoms with van der Waals surface area (Å²) in [5, 5.41) is 8.73. The van der Waals surface area contributed by atoms with Gasteiger partial charge < -0.3 is 10.8 Å². The zero-order valence-electron chi connectivity index (χ0n) is 7.17. The first-order chi connectivity index (χ1) is 6.60. The molecule has 1 aromatic heterocycles. The second-order valence-electron chi connectivity index (χ2n) is 2.76. The fraction of sp³-hybridized carbons (Fsp3) is 0.375. The maximum absolute atomic E-state index is 13.0. The molecule has 0 aliphatic heterocycles. The summed E-state index contributed by atoms with van der Waals surface area (Å²) in [5.41, 5.74) is 5.74. The van der Waals surface area contributed by atoms with Crippen LogP contribution in [0.2, 0.25) is 10.3 Å². The highest BCUT2D eigenvalue weighted by molar-refractivity contribution is 6.33. The van der Waals surface area contributed by atoms with Crippen LogP contribution in [-0.4, -0.2) is 23.2 Å². The summed E-state index contributed by atoms with van der Waals surface area (Å²) in [6.07, 6.45) is 0. The highest BCUT2D eigenvalue weighted by atomic mass is 35.5. The maximum Gasteiger partial charge on any atom is 0.166 e. The Morgan fingerprint density at radius 2 is 2.14 bits per heavy atom. The van der Waals surface area contributed by atoms with E-state index < -0.39 is 11.7 Å². The minimum absolute atomic E-state index is 0.0703. The lowest BCUT2D eigenvalue weighted by molar-refractivity contribution is 0.267. The van der Waals surface area contributed by atoms with Crippen molar-refractivity contribution in [2.75, 3.05) is 13.2 Å². The normalized spacial score (nSPS) is 12.9. The Hall–Kier alpha value is -0.420. The molecule has 1 aromatic rings. The molecule has 3 nitrogen and oxygen atoms in total. The first-order valence-corrected chi connectivity index (χ1v) is 4.68. The largest absolute Gasteiger partial charge is 0.396 e. The van der Waals surface area contributed by atoms with E-state index >= 15 is 0 Å². The molecule has 0 spiro atoms. The van der Waals surface area contributed by atoms with Gasteiger partial charge in [-0.1, -0.05) is 23.2 Å². The third kappa shape index (κ3) is 2.33. The molecule has 0 amide bonds. The Morgan fingerprint density at radius 1 is 1.50 bits per heavy atom. The molecule has 0 fully saturated rings. The number of aromatic nitrogens is 1. The zero-order valence-corrected chi connectivity index (χ0v) is 8.69. The number of nitrogens with two attached hydrogens (primary N) is 1. The Kier molecular flexibility index (Phi) is 4.07. The summed E-state index contributed by atoms with van der Waals surface area (Å²) in [7, 11) is 0. The van der Waals surface area contributed by atoms with E-state index in [-0.39, 0.29) is 23.5 Å². The Morgan fingerprint density at radius 3 is 2.64 bits per heavy atom. The monoisotopic (exact) mass is 238 g/mol. The minimum Gasteiger partial charge on any atom is -0.396 e. The quantitative estimate of drug-likeness (QED) is 0.787. The molecule has 0 aliphatic carbocycles. The molecule has 0 aromatic carbocycles. The Balaban J connectivity index is 3.14. The molecule has 1 atom stereocenters. The van der Waals surface area contributed by atoms with E-state index in [0.717, 1.165) is 6.07 Å². The number of nitrogens with zero attached hydrogens (tertiary/aromatic N) is 1. The molecule has 1 unspecified atom stereocenters. The lowest BCUT2D eigenvalue weighted by atomic mass is 10.0. The van der Waals surface area contributed by atoms with Gasteiger partial charge in [0, 0.05) is 12.5 Å². The molecule has 0 radical (unpaired) electrons. The molecule has 3 N–H and O–H groups in total. The van der Waals surface area contributed by atoms with Crippen molar-refractivity contribution in [3.63, 3.8) is 0 Å². The van der Waals surface area contributed by atoms with Crippen molar-refractivity contribution in [1.82, 2.24) is 4.98 Å². The van der Waals surface area contributed by atoms with Crippen molar-refractivity contribution < 1.29 is 9.50 Å². The van der Waals surface area contributed by atoms with Gasteiger partial charge in [0.05, 0.1) is 6.61 Å². The summed E-state index contributed by atoms with van der Waals surface area (Å²) in [4.78, 5) is 3.58. The van der Waals surface area contributed by atoms with E-state index in [1.807, 2.05) is 0 Å². The summed E-state index contributed by atoms with van der Waals surface area (Å²) in [6.45, 7) is -0.0437. The molecule has 1 heterocycles. The van der Waals surface area contributed by atoms with Crippen LogP contribution in [0.25, 0.3) is 0 Å². The fourth-order valence-corrected chi connectivity index (χ4v) is 1.52. The molecule has 0 saturated carbocycles. The Bertz CT molecular complexity index is 331. The third-order valence-electron chi connectivity index (χ3n) is 1.86. The molecule has 0 aliphatic rings. The molecular formula is C8H9Cl2FN2O. The summed E-state index contributed by atoms with van der Waals surface area (Å²) < 4.78 is 13.0. The first-order valence-electron chi connectivity index (χ1n) is 3.92. The number of halogens is 3. The lowest BCUT2D eigenvalue weighted by Crippen LogP contribution is -2.17. The molecule has 0 bridgehead atoms. The van der Waals surface area contributed by atoms with Gasteiger partial charge in [-0.05, 0) is 11.6 Å². The van der Waals surface area contributed by atoms with Gasteiger partial charge in [0.15, 0.2) is 11.0 Å². The molecule has 14 heavy (non-hydrogen) atoms. The van der Waals surface area contributed by atoms with Crippen LogP contribution in [0.3, 0.4) is 0 Å². The number of aliphatic hydroxyl groups excluding tert-OH is 1. The lowest BCUT2D eigenvalue weighted by Gasteiger charge is -2.13. The van der Waals surface area contributed by atoms with E-state index in [4.69, 9.17) is 34.0 Å². The predicted octanol–water partition coefficient (Wildman–Crippen LogP) is 1.56. The molecule has 6 heteroatoms. The van der Waals surface area contributed by atoms with E-state index in [1.165, 1.54) is 0 Å². The van der Waals surface area contributed by atoms with Crippen molar-refractivity contribution in [2.24, 2.45) is 5.73 Å². The van der Waals surface area contributed by atoms with E-state index in [0.29, 0.717) is 5.56 Å². The van der Waals surface area contributed by atoms with Crippen LogP contribution in [0.4, 0.5) is 4.39 Å². The standard InChI is InChI=1S/C8H9Cl2FN2O/c9-7-5(4(2-12)3-14)1-6(11)8(10)13-7/h1,4,14H,2-3,12H2. The van der Waals surface area contributed by atoms with Crippen LogP contribution in [0.15, 0.2) is 6.07 Å². The highest BCUT2D eigenvalue weighted by Gasteiger charge is 2.16. The second kappa shape index (κ2) is 4.89. The van der Waals surface area contributed by atoms with Crippen LogP contribution in [-0.2, 0) is 0 Å². The van der Waals surface area contributed by atoms with Gasteiger partial charge >= 0.3 is 0 Å². The topological polar surface area (TPSA) is 59.1 Å². The van der Waals surface area contributed by atoms with Crippen LogP contribution in [0, 0.1) is 5.82 Å². The van der Waals surface area contributed by atoms with Gasteiger partial charge in [-0.3, -0.25) is 0 Å². The van der Waals surface area contributed by atoms with Crippen molar-refractivity contribution in [2.45, 2.75) is 5.92 Å². The zero-order chi connectivity index (χ0) is 10.7. The number of aliphatic hydroxyl groups is 1. The minimum atomic E-state index is -0.669. The molecule has 78 valence electrons. The van der Waals surface area contributed by atoms with Gasteiger partial charge in [0.25, 0.3) is 0 Å². The SMILES string of the molecule is NCC(CO)c1cc(F)c(Cl)nc1Cl. The number of rotatable bonds is 3. The van der Waals surface area contributed by atoms with Gasteiger partial charge in [0.2, 0.25) is 0 Å². The molecular weight excluding hydrogens is 230 g/mol. The number of hydrogen-bond donors (Lipinski definition) is 2. The van der Waals surface area contributed by atoms with Gasteiger partial charge in [-0.25, -0.2) is 9.37 Å². The number of pyridine rings is 1. The predicted molar refractivity (Wildman–Crippen MR) is 53.1 cm³/mol. The van der Waals surface area contributed by atoms with Gasteiger partial charge in [-0.15, -0.1) is 0 Å². The fourth-order valence-electron chi connectivity index (χ4n) is 1.05. The van der Waals surface area contributed by atoms with Gasteiger partial charge in [0.1, 0.15) is 5.15 Å². The van der Waals surface area contributed by atoms with Gasteiger partial charge in [-0.2, -0.15) is 0 Å². The summed E-state index contributed by atoms with van der Waals surface area (Å²) >= 11 is 11.1. The van der Waals surface area contributed by atoms with Crippen LogP contribution < -0.4 is 5.73 Å². The van der Waals surface area contributed by atoms with Crippen LogP contribution in [0.5, 0.6) is 0 Å². The average molecular weight is 239 g/mol. The highest BCUT2D eigenvalue weighted by Crippen LogP contribution is 2.26. The van der Waals surface area contributed by atoms with E-state index in [9.17, 15) is 4.39 Å². The smallest absolute Gasteiger partial charge is 0.166 e. The van der Waals surface area contributed by atoms with Crippen LogP contribution >= 0.6 is 23.2 Å². The van der Waals surface area contributed by atoms with Crippen molar-refractivity contribution in [1.29, 1.82) is 0 Å². The van der Waals surface area contributed by atoms with E-state index in [1.54, 1.807) is 0 Å². The second-order valence-corrected chi connectivity index (χ2v) is 3.47. The van der Waals surface area contributed by atoms with Crippen LogP contribution in [0.1, 0.15) is 11.5 Å². The summed E-state index contributed by atoms with van der Waals surface area (Å²) in [6, 6.07) is 1.14. The number of hydrogen-bond acceptors (Lipinski definition) is 3.